The number of aromatic nitrogens is 3. The Morgan fingerprint density at radius 3 is 2.71 bits per heavy atom. The molecule has 4 aromatic rings. The molecule has 0 saturated heterocycles. The fourth-order valence-electron chi connectivity index (χ4n) is 2.59. The minimum atomic E-state index is -0.0325. The lowest BCUT2D eigenvalue weighted by molar-refractivity contribution is 1.09. The van der Waals surface area contributed by atoms with E-state index in [1.54, 1.807) is 6.20 Å². The second-order valence-corrected chi connectivity index (χ2v) is 6.41. The van der Waals surface area contributed by atoms with Crippen LogP contribution in [0.15, 0.2) is 59.5 Å². The highest BCUT2D eigenvalue weighted by atomic mass is 32.1. The molecule has 0 saturated carbocycles. The summed E-state index contributed by atoms with van der Waals surface area (Å²) in [6.45, 7) is 1.98. The maximum atomic E-state index is 12.7. The average molecular weight is 334 g/mol. The van der Waals surface area contributed by atoms with Crippen LogP contribution >= 0.6 is 11.3 Å². The van der Waals surface area contributed by atoms with Crippen molar-refractivity contribution in [3.63, 3.8) is 0 Å². The van der Waals surface area contributed by atoms with Crippen molar-refractivity contribution in [1.82, 2.24) is 15.2 Å². The van der Waals surface area contributed by atoms with Crippen molar-refractivity contribution >= 4 is 33.1 Å². The van der Waals surface area contributed by atoms with Gasteiger partial charge in [-0.15, -0.1) is 10.2 Å². The van der Waals surface area contributed by atoms with Crippen molar-refractivity contribution in [3.8, 4) is 10.6 Å². The van der Waals surface area contributed by atoms with Crippen LogP contribution in [0.5, 0.6) is 0 Å². The van der Waals surface area contributed by atoms with Gasteiger partial charge in [0.15, 0.2) is 10.4 Å². The monoisotopic (exact) mass is 334 g/mol. The Balaban J connectivity index is 1.74. The second-order valence-electron chi connectivity index (χ2n) is 5.43. The molecule has 0 bridgehead atoms. The summed E-state index contributed by atoms with van der Waals surface area (Å²) in [6, 6.07) is 15.4. The number of hydrogen-bond acceptors (Lipinski definition) is 5. The van der Waals surface area contributed by atoms with Crippen molar-refractivity contribution in [1.29, 1.82) is 0 Å². The van der Waals surface area contributed by atoms with E-state index in [0.717, 1.165) is 16.8 Å². The van der Waals surface area contributed by atoms with Crippen LogP contribution in [0, 0.1) is 6.92 Å². The normalized spacial score (nSPS) is 10.9. The van der Waals surface area contributed by atoms with Crippen LogP contribution < -0.4 is 10.7 Å². The Morgan fingerprint density at radius 1 is 1.04 bits per heavy atom. The largest absolute Gasteiger partial charge is 0.360 e. The molecule has 5 nitrogen and oxygen atoms in total. The Labute approximate surface area is 142 Å². The predicted molar refractivity (Wildman–Crippen MR) is 97.9 cm³/mol. The van der Waals surface area contributed by atoms with Gasteiger partial charge in [-0.1, -0.05) is 41.7 Å². The number of anilines is 2. The predicted octanol–water partition coefficient (Wildman–Crippen LogP) is 4.10. The molecule has 0 spiro atoms. The van der Waals surface area contributed by atoms with Gasteiger partial charge in [-0.3, -0.25) is 4.79 Å². The molecule has 6 heteroatoms. The number of hydrogen-bond donors (Lipinski definition) is 2. The zero-order chi connectivity index (χ0) is 16.5. The number of benzene rings is 2. The summed E-state index contributed by atoms with van der Waals surface area (Å²) in [6.07, 6.45) is 1.71. The summed E-state index contributed by atoms with van der Waals surface area (Å²) >= 11 is 1.35. The van der Waals surface area contributed by atoms with Crippen molar-refractivity contribution in [2.75, 3.05) is 5.32 Å². The highest BCUT2D eigenvalue weighted by Gasteiger charge is 2.13. The van der Waals surface area contributed by atoms with Crippen LogP contribution in [-0.2, 0) is 0 Å². The molecule has 2 aromatic heterocycles. The van der Waals surface area contributed by atoms with E-state index in [4.69, 9.17) is 0 Å². The quantitative estimate of drug-likeness (QED) is 0.592. The molecule has 0 atom stereocenters. The zero-order valence-corrected chi connectivity index (χ0v) is 13.7. The number of aryl methyl sites for hydroxylation is 1. The van der Waals surface area contributed by atoms with Gasteiger partial charge < -0.3 is 10.3 Å². The SMILES string of the molecule is Cc1cccc2c(=O)c(-c3nnc(Nc4ccccc4)s3)c[nH]c12. The van der Waals surface area contributed by atoms with Crippen molar-refractivity contribution in [2.24, 2.45) is 0 Å². The van der Waals surface area contributed by atoms with Gasteiger partial charge in [0.25, 0.3) is 0 Å². The number of pyridine rings is 1. The molecule has 24 heavy (non-hydrogen) atoms. The highest BCUT2D eigenvalue weighted by molar-refractivity contribution is 7.18. The molecular formula is C18H14N4OS. The first-order valence-corrected chi connectivity index (χ1v) is 8.31. The molecule has 0 amide bonds. The van der Waals surface area contributed by atoms with Crippen molar-refractivity contribution < 1.29 is 0 Å². The summed E-state index contributed by atoms with van der Waals surface area (Å²) in [5, 5.41) is 13.4. The van der Waals surface area contributed by atoms with Gasteiger partial charge >= 0.3 is 0 Å². The van der Waals surface area contributed by atoms with Crippen LogP contribution in [0.2, 0.25) is 0 Å². The number of aromatic amines is 1. The van der Waals surface area contributed by atoms with Crippen molar-refractivity contribution in [3.05, 3.63) is 70.5 Å². The van der Waals surface area contributed by atoms with E-state index in [9.17, 15) is 4.79 Å². The molecule has 0 aliphatic carbocycles. The number of rotatable bonds is 3. The summed E-state index contributed by atoms with van der Waals surface area (Å²) in [5.74, 6) is 0. The molecule has 0 aliphatic heterocycles. The average Bonchev–Trinajstić information content (AvgIpc) is 3.05. The van der Waals surface area contributed by atoms with E-state index < -0.39 is 0 Å². The first kappa shape index (κ1) is 14.6. The Kier molecular flexibility index (Phi) is 3.59. The van der Waals surface area contributed by atoms with E-state index in [1.807, 2.05) is 55.5 Å². The first-order valence-electron chi connectivity index (χ1n) is 7.49. The van der Waals surface area contributed by atoms with E-state index >= 15 is 0 Å². The van der Waals surface area contributed by atoms with Gasteiger partial charge in [0.05, 0.1) is 11.1 Å². The summed E-state index contributed by atoms with van der Waals surface area (Å²) < 4.78 is 0. The molecule has 2 aromatic carbocycles. The van der Waals surface area contributed by atoms with Crippen LogP contribution in [0.25, 0.3) is 21.5 Å². The van der Waals surface area contributed by atoms with E-state index in [1.165, 1.54) is 11.3 Å². The number of nitrogens with zero attached hydrogens (tertiary/aromatic N) is 2. The third-order valence-electron chi connectivity index (χ3n) is 3.80. The Hall–Kier alpha value is -2.99. The molecule has 0 radical (unpaired) electrons. The molecule has 2 heterocycles. The summed E-state index contributed by atoms with van der Waals surface area (Å²) in [5.41, 5.74) is 3.34. The third-order valence-corrected chi connectivity index (χ3v) is 4.68. The van der Waals surface area contributed by atoms with Crippen LogP contribution in [-0.4, -0.2) is 15.2 Å². The van der Waals surface area contributed by atoms with Gasteiger partial charge in [-0.05, 0) is 30.7 Å². The van der Waals surface area contributed by atoms with Crippen LogP contribution in [0.3, 0.4) is 0 Å². The number of nitrogens with one attached hydrogen (secondary N) is 2. The fourth-order valence-corrected chi connectivity index (χ4v) is 3.37. The minimum Gasteiger partial charge on any atom is -0.360 e. The van der Waals surface area contributed by atoms with E-state index in [0.29, 0.717) is 21.1 Å². The first-order chi connectivity index (χ1) is 11.7. The van der Waals surface area contributed by atoms with Gasteiger partial charge in [0, 0.05) is 17.3 Å². The molecular weight excluding hydrogens is 320 g/mol. The Bertz CT molecular complexity index is 1070. The van der Waals surface area contributed by atoms with Gasteiger partial charge in [0.2, 0.25) is 5.13 Å². The topological polar surface area (TPSA) is 70.7 Å². The maximum absolute atomic E-state index is 12.7. The highest BCUT2D eigenvalue weighted by Crippen LogP contribution is 2.27. The molecule has 0 unspecified atom stereocenters. The standard InChI is InChI=1S/C18H14N4OS/c1-11-6-5-9-13-15(11)19-10-14(16(13)23)17-21-22-18(24-17)20-12-7-3-2-4-8-12/h2-10H,1H3,(H,19,23)(H,20,22). The molecule has 0 fully saturated rings. The number of para-hydroxylation sites is 2. The number of H-pyrrole nitrogens is 1. The van der Waals surface area contributed by atoms with Crippen LogP contribution in [0.1, 0.15) is 5.56 Å². The van der Waals surface area contributed by atoms with Crippen LogP contribution in [0.4, 0.5) is 10.8 Å². The lowest BCUT2D eigenvalue weighted by Crippen LogP contribution is -2.06. The van der Waals surface area contributed by atoms with Crippen molar-refractivity contribution in [2.45, 2.75) is 6.92 Å². The summed E-state index contributed by atoms with van der Waals surface area (Å²) in [7, 11) is 0. The fraction of sp³-hybridized carbons (Fsp3) is 0.0556. The van der Waals surface area contributed by atoms with E-state index in [-0.39, 0.29) is 5.43 Å². The molecule has 4 rings (SSSR count). The van der Waals surface area contributed by atoms with Gasteiger partial charge in [-0.25, -0.2) is 0 Å². The molecule has 118 valence electrons. The Morgan fingerprint density at radius 2 is 1.88 bits per heavy atom. The van der Waals surface area contributed by atoms with Gasteiger partial charge in [0.1, 0.15) is 0 Å². The molecule has 0 aliphatic rings. The lowest BCUT2D eigenvalue weighted by atomic mass is 10.1. The van der Waals surface area contributed by atoms with Gasteiger partial charge in [-0.2, -0.15) is 0 Å². The third kappa shape index (κ3) is 2.57. The van der Waals surface area contributed by atoms with E-state index in [2.05, 4.69) is 20.5 Å². The second kappa shape index (κ2) is 5.90. The summed E-state index contributed by atoms with van der Waals surface area (Å²) in [4.78, 5) is 16.0. The molecule has 2 N–H and O–H groups in total. The lowest BCUT2D eigenvalue weighted by Gasteiger charge is -2.03. The number of fused-ring (bicyclic) bond motifs is 1. The zero-order valence-electron chi connectivity index (χ0n) is 12.9. The minimum absolute atomic E-state index is 0.0325. The smallest absolute Gasteiger partial charge is 0.210 e. The maximum Gasteiger partial charge on any atom is 0.210 e.